The quantitative estimate of drug-likeness (QED) is 0.403. The van der Waals surface area contributed by atoms with Crippen LogP contribution in [-0.4, -0.2) is 22.1 Å². The van der Waals surface area contributed by atoms with Gasteiger partial charge in [0.15, 0.2) is 17.0 Å². The molecule has 0 atom stereocenters. The molecular formula is C15H10Cl3N6O+. The number of carbonyl (C=O) groups excluding carboxylic acids is 1. The standard InChI is InChI=1S/C15H9Cl3N6O/c16-10-12(19)11(17)14(18)23-13(10)15(25)24-21-6-7-5-20-8-3-1-2-4-9(8)22-7/h1-6H,(H2,19,23)(H,24,25)/p+1/b21-6+. The third-order valence-electron chi connectivity index (χ3n) is 3.18. The number of nitrogens with one attached hydrogen (secondary N) is 2. The number of fused-ring (bicyclic) bond motifs is 1. The van der Waals surface area contributed by atoms with Crippen molar-refractivity contribution >= 4 is 63.6 Å². The highest BCUT2D eigenvalue weighted by molar-refractivity contribution is 6.46. The first-order valence-electron chi connectivity index (χ1n) is 6.88. The lowest BCUT2D eigenvalue weighted by molar-refractivity contribution is -0.345. The second-order valence-electron chi connectivity index (χ2n) is 4.83. The van der Waals surface area contributed by atoms with E-state index in [-0.39, 0.29) is 26.6 Å². The number of para-hydroxylation sites is 2. The van der Waals surface area contributed by atoms with Crippen LogP contribution in [0.15, 0.2) is 35.6 Å². The molecule has 0 bridgehead atoms. The predicted molar refractivity (Wildman–Crippen MR) is 97.0 cm³/mol. The SMILES string of the molecule is Nc1c(Cl)c(Cl)nc(C(=O)N/N=C/c2c[nH+]c3ccccc3n2)c1Cl. The highest BCUT2D eigenvalue weighted by Crippen LogP contribution is 2.34. The Morgan fingerprint density at radius 2 is 1.96 bits per heavy atom. The number of benzene rings is 1. The number of nitrogen functional groups attached to an aromatic ring is 1. The van der Waals surface area contributed by atoms with Gasteiger partial charge < -0.3 is 5.73 Å². The van der Waals surface area contributed by atoms with Crippen molar-refractivity contribution in [1.29, 1.82) is 0 Å². The van der Waals surface area contributed by atoms with Crippen LogP contribution in [0.5, 0.6) is 0 Å². The fourth-order valence-corrected chi connectivity index (χ4v) is 2.57. The summed E-state index contributed by atoms with van der Waals surface area (Å²) < 4.78 is 0. The number of amides is 1. The molecule has 0 saturated heterocycles. The Morgan fingerprint density at radius 1 is 1.20 bits per heavy atom. The van der Waals surface area contributed by atoms with E-state index in [9.17, 15) is 4.79 Å². The molecule has 10 heteroatoms. The topological polar surface area (TPSA) is 107 Å². The van der Waals surface area contributed by atoms with E-state index in [0.717, 1.165) is 11.0 Å². The van der Waals surface area contributed by atoms with Crippen molar-refractivity contribution in [3.8, 4) is 0 Å². The first-order valence-corrected chi connectivity index (χ1v) is 8.01. The van der Waals surface area contributed by atoms with E-state index < -0.39 is 5.91 Å². The van der Waals surface area contributed by atoms with Crippen LogP contribution in [0.1, 0.15) is 16.2 Å². The molecule has 0 aliphatic heterocycles. The van der Waals surface area contributed by atoms with Gasteiger partial charge in [0.2, 0.25) is 5.52 Å². The van der Waals surface area contributed by atoms with E-state index >= 15 is 0 Å². The summed E-state index contributed by atoms with van der Waals surface area (Å²) in [6.45, 7) is 0. The average Bonchev–Trinajstić information content (AvgIpc) is 2.62. The molecule has 0 radical (unpaired) electrons. The van der Waals surface area contributed by atoms with Crippen molar-refractivity contribution in [2.45, 2.75) is 0 Å². The molecule has 4 N–H and O–H groups in total. The zero-order valence-corrected chi connectivity index (χ0v) is 14.7. The predicted octanol–water partition coefficient (Wildman–Crippen LogP) is 2.75. The Morgan fingerprint density at radius 3 is 2.76 bits per heavy atom. The normalized spacial score (nSPS) is 11.2. The smallest absolute Gasteiger partial charge is 0.291 e. The summed E-state index contributed by atoms with van der Waals surface area (Å²) >= 11 is 17.6. The highest BCUT2D eigenvalue weighted by Gasteiger charge is 2.19. The summed E-state index contributed by atoms with van der Waals surface area (Å²) in [5, 5.41) is 3.59. The molecule has 3 rings (SSSR count). The monoisotopic (exact) mass is 395 g/mol. The number of nitrogens with zero attached hydrogens (tertiary/aromatic N) is 3. The summed E-state index contributed by atoms with van der Waals surface area (Å²) in [4.78, 5) is 23.4. The number of nitrogens with two attached hydrogens (primary N) is 1. The molecule has 1 amide bonds. The van der Waals surface area contributed by atoms with Crippen molar-refractivity contribution in [2.24, 2.45) is 5.10 Å². The minimum Gasteiger partial charge on any atom is -0.396 e. The summed E-state index contributed by atoms with van der Waals surface area (Å²) in [7, 11) is 0. The number of halogens is 3. The molecule has 0 aliphatic carbocycles. The molecule has 0 aliphatic rings. The second kappa shape index (κ2) is 7.18. The summed E-state index contributed by atoms with van der Waals surface area (Å²) in [6, 6.07) is 7.51. The number of hydrazone groups is 1. The lowest BCUT2D eigenvalue weighted by Crippen LogP contribution is -2.20. The van der Waals surface area contributed by atoms with Crippen LogP contribution in [0, 0.1) is 0 Å². The molecule has 126 valence electrons. The van der Waals surface area contributed by atoms with E-state index in [1.165, 1.54) is 6.21 Å². The Bertz CT molecular complexity index is 1010. The van der Waals surface area contributed by atoms with E-state index in [1.807, 2.05) is 24.3 Å². The van der Waals surface area contributed by atoms with E-state index in [4.69, 9.17) is 40.5 Å². The number of aromatic amines is 1. The number of hydrogen-bond donors (Lipinski definition) is 2. The molecule has 0 unspecified atom stereocenters. The van der Waals surface area contributed by atoms with Gasteiger partial charge in [-0.25, -0.2) is 20.4 Å². The number of rotatable bonds is 3. The molecular weight excluding hydrogens is 387 g/mol. The van der Waals surface area contributed by atoms with Gasteiger partial charge in [-0.05, 0) is 6.07 Å². The van der Waals surface area contributed by atoms with Crippen LogP contribution in [0.3, 0.4) is 0 Å². The summed E-state index contributed by atoms with van der Waals surface area (Å²) in [6.07, 6.45) is 3.02. The van der Waals surface area contributed by atoms with Crippen molar-refractivity contribution in [3.63, 3.8) is 0 Å². The third-order valence-corrected chi connectivity index (χ3v) is 4.31. The van der Waals surface area contributed by atoms with Gasteiger partial charge in [0.05, 0.1) is 16.9 Å². The third kappa shape index (κ3) is 3.63. The maximum Gasteiger partial charge on any atom is 0.291 e. The lowest BCUT2D eigenvalue weighted by atomic mass is 10.3. The first kappa shape index (κ1) is 17.3. The molecule has 3 aromatic rings. The Balaban J connectivity index is 1.78. The van der Waals surface area contributed by atoms with E-state index in [0.29, 0.717) is 5.69 Å². The van der Waals surface area contributed by atoms with Crippen LogP contribution in [0.4, 0.5) is 5.69 Å². The first-order chi connectivity index (χ1) is 12.0. The fraction of sp³-hybridized carbons (Fsp3) is 0. The molecule has 0 spiro atoms. The number of pyridine rings is 1. The Hall–Kier alpha value is -2.48. The number of H-pyrrole nitrogens is 1. The van der Waals surface area contributed by atoms with Crippen LogP contribution >= 0.6 is 34.8 Å². The largest absolute Gasteiger partial charge is 0.396 e. The van der Waals surface area contributed by atoms with Gasteiger partial charge in [-0.2, -0.15) is 5.10 Å². The van der Waals surface area contributed by atoms with Gasteiger partial charge >= 0.3 is 0 Å². The average molecular weight is 397 g/mol. The molecule has 1 aromatic carbocycles. The lowest BCUT2D eigenvalue weighted by Gasteiger charge is -2.07. The van der Waals surface area contributed by atoms with Crippen LogP contribution in [0.25, 0.3) is 11.0 Å². The van der Waals surface area contributed by atoms with Gasteiger partial charge in [-0.1, -0.05) is 46.9 Å². The second-order valence-corrected chi connectivity index (χ2v) is 5.95. The zero-order valence-electron chi connectivity index (χ0n) is 12.4. The number of anilines is 1. The van der Waals surface area contributed by atoms with Crippen molar-refractivity contribution in [3.05, 3.63) is 57.0 Å². The van der Waals surface area contributed by atoms with Crippen LogP contribution in [0.2, 0.25) is 15.2 Å². The van der Waals surface area contributed by atoms with Gasteiger partial charge in [-0.3, -0.25) is 4.79 Å². The molecule has 2 heterocycles. The highest BCUT2D eigenvalue weighted by atomic mass is 35.5. The van der Waals surface area contributed by atoms with Crippen LogP contribution < -0.4 is 16.1 Å². The van der Waals surface area contributed by atoms with Gasteiger partial charge in [0, 0.05) is 6.07 Å². The molecule has 25 heavy (non-hydrogen) atoms. The fourth-order valence-electron chi connectivity index (χ4n) is 1.97. The van der Waals surface area contributed by atoms with Crippen molar-refractivity contribution in [1.82, 2.24) is 15.4 Å². The summed E-state index contributed by atoms with van der Waals surface area (Å²) in [5.74, 6) is -0.684. The van der Waals surface area contributed by atoms with Crippen LogP contribution in [-0.2, 0) is 0 Å². The molecule has 0 saturated carbocycles. The molecule has 2 aromatic heterocycles. The van der Waals surface area contributed by atoms with Crippen molar-refractivity contribution < 1.29 is 9.78 Å². The van der Waals surface area contributed by atoms with Gasteiger partial charge in [0.1, 0.15) is 16.2 Å². The van der Waals surface area contributed by atoms with E-state index in [1.54, 1.807) is 6.20 Å². The maximum atomic E-state index is 12.1. The molecule has 7 nitrogen and oxygen atoms in total. The van der Waals surface area contributed by atoms with E-state index in [2.05, 4.69) is 25.5 Å². The number of aromatic nitrogens is 3. The Kier molecular flexibility index (Phi) is 4.98. The molecule has 0 fully saturated rings. The Labute approximate surface area is 156 Å². The van der Waals surface area contributed by atoms with Gasteiger partial charge in [0.25, 0.3) is 5.91 Å². The number of hydrogen-bond acceptors (Lipinski definition) is 5. The maximum absolute atomic E-state index is 12.1. The minimum absolute atomic E-state index is 0.0115. The van der Waals surface area contributed by atoms with Gasteiger partial charge in [-0.15, -0.1) is 0 Å². The minimum atomic E-state index is -0.684. The number of carbonyl (C=O) groups is 1. The van der Waals surface area contributed by atoms with Crippen molar-refractivity contribution in [2.75, 3.05) is 5.73 Å². The summed E-state index contributed by atoms with van der Waals surface area (Å²) in [5.41, 5.74) is 9.92. The zero-order chi connectivity index (χ0) is 18.0.